The van der Waals surface area contributed by atoms with Gasteiger partial charge in [-0.2, -0.15) is 0 Å². The molecular formula is C13H31NO5P+. The third-order valence-electron chi connectivity index (χ3n) is 2.35. The number of aliphatic hydroxyl groups is 2. The molecule has 0 aromatic heterocycles. The zero-order chi connectivity index (χ0) is 15.6. The van der Waals surface area contributed by atoms with Gasteiger partial charge in [0.15, 0.2) is 0 Å². The van der Waals surface area contributed by atoms with Crippen molar-refractivity contribution in [1.29, 1.82) is 0 Å². The van der Waals surface area contributed by atoms with Crippen molar-refractivity contribution in [1.82, 2.24) is 4.90 Å². The molecule has 0 saturated heterocycles. The van der Waals surface area contributed by atoms with Crippen molar-refractivity contribution in [2.45, 2.75) is 39.5 Å². The van der Waals surface area contributed by atoms with Crippen LogP contribution >= 0.6 is 8.25 Å². The number of rotatable bonds is 12. The standard InChI is InChI=1S/C8H18O3P.C5H13NO2/c1-3-5-7-10-12(9)11-8-6-4-2;1-6(2-4-7)3-5-8/h3-8H2,1-2H3;7-8H,2-5H2,1H3/q+1;. The van der Waals surface area contributed by atoms with E-state index in [0.717, 1.165) is 25.7 Å². The van der Waals surface area contributed by atoms with Crippen molar-refractivity contribution < 1.29 is 23.8 Å². The summed E-state index contributed by atoms with van der Waals surface area (Å²) in [5.74, 6) is 0. The van der Waals surface area contributed by atoms with E-state index in [2.05, 4.69) is 13.8 Å². The van der Waals surface area contributed by atoms with Crippen LogP contribution < -0.4 is 0 Å². The summed E-state index contributed by atoms with van der Waals surface area (Å²) < 4.78 is 20.7. The van der Waals surface area contributed by atoms with Crippen molar-refractivity contribution in [3.05, 3.63) is 0 Å². The first-order valence-electron chi connectivity index (χ1n) is 7.25. The molecule has 0 aromatic rings. The molecule has 0 unspecified atom stereocenters. The van der Waals surface area contributed by atoms with Gasteiger partial charge in [0, 0.05) is 17.7 Å². The van der Waals surface area contributed by atoms with Crippen molar-refractivity contribution in [2.75, 3.05) is 46.6 Å². The number of hydrogen-bond acceptors (Lipinski definition) is 6. The first-order valence-corrected chi connectivity index (χ1v) is 8.35. The molecule has 0 atom stereocenters. The van der Waals surface area contributed by atoms with Crippen LogP contribution in [0.2, 0.25) is 0 Å². The van der Waals surface area contributed by atoms with Gasteiger partial charge in [0.2, 0.25) is 0 Å². The molecule has 0 aliphatic rings. The van der Waals surface area contributed by atoms with Crippen LogP contribution in [0.5, 0.6) is 0 Å². The molecule has 0 aliphatic carbocycles. The van der Waals surface area contributed by atoms with Crippen LogP contribution in [0.3, 0.4) is 0 Å². The van der Waals surface area contributed by atoms with Crippen LogP contribution in [0, 0.1) is 0 Å². The molecule has 7 heteroatoms. The highest BCUT2D eigenvalue weighted by molar-refractivity contribution is 7.33. The number of likely N-dealkylation sites (N-methyl/N-ethyl adjacent to an activating group) is 1. The lowest BCUT2D eigenvalue weighted by atomic mass is 10.4. The molecule has 0 fully saturated rings. The monoisotopic (exact) mass is 312 g/mol. The minimum absolute atomic E-state index is 0.163. The lowest BCUT2D eigenvalue weighted by Crippen LogP contribution is -2.25. The molecule has 0 bridgehead atoms. The highest BCUT2D eigenvalue weighted by atomic mass is 31.1. The van der Waals surface area contributed by atoms with Gasteiger partial charge in [-0.05, 0) is 19.9 Å². The maximum Gasteiger partial charge on any atom is 0.697 e. The fourth-order valence-electron chi connectivity index (χ4n) is 1.06. The third kappa shape index (κ3) is 20.2. The third-order valence-corrected chi connectivity index (χ3v) is 3.14. The summed E-state index contributed by atoms with van der Waals surface area (Å²) in [4.78, 5) is 1.86. The van der Waals surface area contributed by atoms with E-state index in [4.69, 9.17) is 19.3 Å². The maximum absolute atomic E-state index is 10.9. The Bertz CT molecular complexity index is 189. The number of unbranched alkanes of at least 4 members (excludes halogenated alkanes) is 2. The Hall–Kier alpha value is -0.100. The molecule has 20 heavy (non-hydrogen) atoms. The molecule has 0 saturated carbocycles. The van der Waals surface area contributed by atoms with Crippen LogP contribution in [0.1, 0.15) is 39.5 Å². The van der Waals surface area contributed by atoms with Gasteiger partial charge in [-0.3, -0.25) is 0 Å². The van der Waals surface area contributed by atoms with E-state index in [1.807, 2.05) is 11.9 Å². The molecule has 6 nitrogen and oxygen atoms in total. The van der Waals surface area contributed by atoms with Crippen molar-refractivity contribution in [3.63, 3.8) is 0 Å². The minimum atomic E-state index is -1.85. The Balaban J connectivity index is 0. The van der Waals surface area contributed by atoms with E-state index in [0.29, 0.717) is 26.3 Å². The highest BCUT2D eigenvalue weighted by Crippen LogP contribution is 2.24. The molecule has 0 amide bonds. The summed E-state index contributed by atoms with van der Waals surface area (Å²) in [6.07, 6.45) is 3.99. The summed E-state index contributed by atoms with van der Waals surface area (Å²) in [5, 5.41) is 16.7. The second kappa shape index (κ2) is 18.9. The van der Waals surface area contributed by atoms with Crippen LogP contribution in [-0.2, 0) is 13.6 Å². The first-order chi connectivity index (χ1) is 9.62. The Kier molecular flexibility index (Phi) is 21.0. The molecule has 0 radical (unpaired) electrons. The van der Waals surface area contributed by atoms with Crippen LogP contribution in [0.4, 0.5) is 0 Å². The summed E-state index contributed by atoms with van der Waals surface area (Å²) in [6, 6.07) is 0. The zero-order valence-electron chi connectivity index (χ0n) is 13.1. The Labute approximate surface area is 124 Å². The second-order valence-corrected chi connectivity index (χ2v) is 5.31. The predicted octanol–water partition coefficient (Wildman–Crippen LogP) is 2.18. The molecule has 0 spiro atoms. The van der Waals surface area contributed by atoms with E-state index >= 15 is 0 Å². The van der Waals surface area contributed by atoms with Crippen LogP contribution in [0.15, 0.2) is 0 Å². The molecular weight excluding hydrogens is 281 g/mol. The van der Waals surface area contributed by atoms with Crippen molar-refractivity contribution in [2.24, 2.45) is 0 Å². The Morgan fingerprint density at radius 3 is 1.65 bits per heavy atom. The lowest BCUT2D eigenvalue weighted by molar-refractivity contribution is 0.184. The van der Waals surface area contributed by atoms with E-state index in [-0.39, 0.29) is 13.2 Å². The topological polar surface area (TPSA) is 79.2 Å². The highest BCUT2D eigenvalue weighted by Gasteiger charge is 2.18. The van der Waals surface area contributed by atoms with E-state index < -0.39 is 8.25 Å². The number of aliphatic hydroxyl groups excluding tert-OH is 2. The SMILES string of the molecule is CCCCO[P+](=O)OCCCC.CN(CCO)CCO. The average Bonchev–Trinajstić information content (AvgIpc) is 2.41. The Morgan fingerprint density at radius 2 is 1.35 bits per heavy atom. The quantitative estimate of drug-likeness (QED) is 0.425. The Morgan fingerprint density at radius 1 is 0.950 bits per heavy atom. The van der Waals surface area contributed by atoms with E-state index in [9.17, 15) is 4.57 Å². The van der Waals surface area contributed by atoms with Crippen LogP contribution in [0.25, 0.3) is 0 Å². The van der Waals surface area contributed by atoms with E-state index in [1.54, 1.807) is 0 Å². The van der Waals surface area contributed by atoms with Gasteiger partial charge >= 0.3 is 8.25 Å². The van der Waals surface area contributed by atoms with Crippen molar-refractivity contribution >= 4 is 8.25 Å². The summed E-state index contributed by atoms with van der Waals surface area (Å²) >= 11 is 0. The molecule has 0 aromatic carbocycles. The first kappa shape index (κ1) is 22.2. The molecule has 0 aliphatic heterocycles. The van der Waals surface area contributed by atoms with Gasteiger partial charge in [0.05, 0.1) is 13.2 Å². The smallest absolute Gasteiger partial charge is 0.395 e. The molecule has 2 N–H and O–H groups in total. The fourth-order valence-corrected chi connectivity index (χ4v) is 1.69. The summed E-state index contributed by atoms with van der Waals surface area (Å²) in [5.41, 5.74) is 0. The molecule has 0 heterocycles. The number of hydrogen-bond donors (Lipinski definition) is 2. The van der Waals surface area contributed by atoms with Gasteiger partial charge in [0.1, 0.15) is 13.2 Å². The average molecular weight is 312 g/mol. The maximum atomic E-state index is 10.9. The largest absolute Gasteiger partial charge is 0.697 e. The van der Waals surface area contributed by atoms with Gasteiger partial charge in [-0.25, -0.2) is 0 Å². The molecule has 122 valence electrons. The molecule has 0 rings (SSSR count). The summed E-state index contributed by atoms with van der Waals surface area (Å²) in [6.45, 7) is 6.81. The van der Waals surface area contributed by atoms with Gasteiger partial charge in [-0.15, -0.1) is 9.05 Å². The lowest BCUT2D eigenvalue weighted by Gasteiger charge is -2.11. The van der Waals surface area contributed by atoms with Gasteiger partial charge in [0.25, 0.3) is 0 Å². The number of nitrogens with zero attached hydrogens (tertiary/aromatic N) is 1. The van der Waals surface area contributed by atoms with Gasteiger partial charge < -0.3 is 15.1 Å². The normalized spacial score (nSPS) is 10.3. The predicted molar refractivity (Wildman–Crippen MR) is 81.0 cm³/mol. The van der Waals surface area contributed by atoms with Crippen LogP contribution in [-0.4, -0.2) is 61.7 Å². The fraction of sp³-hybridized carbons (Fsp3) is 1.00. The zero-order valence-corrected chi connectivity index (χ0v) is 14.0. The van der Waals surface area contributed by atoms with Crippen molar-refractivity contribution in [3.8, 4) is 0 Å². The second-order valence-electron chi connectivity index (χ2n) is 4.35. The summed E-state index contributed by atoms with van der Waals surface area (Å²) in [7, 11) is -0.000165. The minimum Gasteiger partial charge on any atom is -0.395 e. The van der Waals surface area contributed by atoms with Gasteiger partial charge in [-0.1, -0.05) is 26.7 Å². The van der Waals surface area contributed by atoms with E-state index in [1.165, 1.54) is 0 Å².